The standard InChI is InChI=1S/C17H28N4O3/c1-19(2)16(22)13-23-14-10-17(24-12-14)4-7-21(8-5-17)11-15-18-6-9-20(15)3/h6,9,14H,4-5,7-8,10-13H2,1-3H3/t14-/m0/s1. The van der Waals surface area contributed by atoms with Gasteiger partial charge in [0.25, 0.3) is 0 Å². The quantitative estimate of drug-likeness (QED) is 0.790. The van der Waals surface area contributed by atoms with Crippen molar-refractivity contribution in [1.82, 2.24) is 19.4 Å². The van der Waals surface area contributed by atoms with Crippen LogP contribution in [0.25, 0.3) is 0 Å². The van der Waals surface area contributed by atoms with Crippen molar-refractivity contribution in [2.45, 2.75) is 37.5 Å². The van der Waals surface area contributed by atoms with Crippen LogP contribution < -0.4 is 0 Å². The second-order valence-electron chi connectivity index (χ2n) is 7.15. The molecule has 1 amide bonds. The maximum atomic E-state index is 11.6. The molecule has 7 heteroatoms. The summed E-state index contributed by atoms with van der Waals surface area (Å²) >= 11 is 0. The van der Waals surface area contributed by atoms with Gasteiger partial charge in [0, 0.05) is 53.0 Å². The van der Waals surface area contributed by atoms with Gasteiger partial charge < -0.3 is 18.9 Å². The van der Waals surface area contributed by atoms with Gasteiger partial charge in [0.2, 0.25) is 5.91 Å². The van der Waals surface area contributed by atoms with Gasteiger partial charge in [-0.05, 0) is 12.8 Å². The lowest BCUT2D eigenvalue weighted by molar-refractivity contribution is -0.135. The Morgan fingerprint density at radius 2 is 2.21 bits per heavy atom. The van der Waals surface area contributed by atoms with Crippen molar-refractivity contribution < 1.29 is 14.3 Å². The van der Waals surface area contributed by atoms with Crippen LogP contribution in [0, 0.1) is 0 Å². The van der Waals surface area contributed by atoms with Gasteiger partial charge in [0.1, 0.15) is 12.4 Å². The number of piperidine rings is 1. The van der Waals surface area contributed by atoms with Gasteiger partial charge in [0.05, 0.1) is 24.9 Å². The zero-order chi connectivity index (χ0) is 17.2. The molecule has 0 unspecified atom stereocenters. The minimum atomic E-state index is -0.0655. The van der Waals surface area contributed by atoms with Crippen LogP contribution >= 0.6 is 0 Å². The molecule has 134 valence electrons. The summed E-state index contributed by atoms with van der Waals surface area (Å²) in [5, 5.41) is 0. The van der Waals surface area contributed by atoms with E-state index >= 15 is 0 Å². The predicted octanol–water partition coefficient (Wildman–Crippen LogP) is 0.648. The summed E-state index contributed by atoms with van der Waals surface area (Å²) in [7, 11) is 5.52. The molecule has 0 aromatic carbocycles. The number of imidazole rings is 1. The maximum absolute atomic E-state index is 11.6. The van der Waals surface area contributed by atoms with E-state index in [9.17, 15) is 4.79 Å². The van der Waals surface area contributed by atoms with Crippen molar-refractivity contribution in [2.75, 3.05) is 40.4 Å². The normalized spacial score (nSPS) is 23.7. The van der Waals surface area contributed by atoms with Crippen molar-refractivity contribution in [3.8, 4) is 0 Å². The summed E-state index contributed by atoms with van der Waals surface area (Å²) in [5.41, 5.74) is -0.0655. The zero-order valence-corrected chi connectivity index (χ0v) is 14.9. The van der Waals surface area contributed by atoms with E-state index in [-0.39, 0.29) is 24.2 Å². The van der Waals surface area contributed by atoms with Crippen molar-refractivity contribution in [3.63, 3.8) is 0 Å². The smallest absolute Gasteiger partial charge is 0.248 e. The van der Waals surface area contributed by atoms with Crippen molar-refractivity contribution in [1.29, 1.82) is 0 Å². The molecule has 2 aliphatic rings. The molecule has 2 saturated heterocycles. The van der Waals surface area contributed by atoms with E-state index in [4.69, 9.17) is 9.47 Å². The molecule has 1 aromatic rings. The van der Waals surface area contributed by atoms with Gasteiger partial charge in [-0.2, -0.15) is 0 Å². The van der Waals surface area contributed by atoms with Gasteiger partial charge in [-0.3, -0.25) is 9.69 Å². The molecule has 7 nitrogen and oxygen atoms in total. The van der Waals surface area contributed by atoms with Crippen LogP contribution in [0.5, 0.6) is 0 Å². The Labute approximate surface area is 143 Å². The molecule has 2 aliphatic heterocycles. The topological polar surface area (TPSA) is 59.8 Å². The monoisotopic (exact) mass is 336 g/mol. The molecule has 24 heavy (non-hydrogen) atoms. The molecule has 0 bridgehead atoms. The van der Waals surface area contributed by atoms with Crippen LogP contribution in [0.2, 0.25) is 0 Å². The van der Waals surface area contributed by atoms with Crippen LogP contribution in [0.15, 0.2) is 12.4 Å². The highest BCUT2D eigenvalue weighted by atomic mass is 16.6. The summed E-state index contributed by atoms with van der Waals surface area (Å²) in [6, 6.07) is 0. The van der Waals surface area contributed by atoms with Crippen molar-refractivity contribution >= 4 is 5.91 Å². The molecule has 0 aliphatic carbocycles. The minimum Gasteiger partial charge on any atom is -0.372 e. The van der Waals surface area contributed by atoms with Crippen LogP contribution in [-0.2, 0) is 27.9 Å². The van der Waals surface area contributed by atoms with E-state index in [1.807, 2.05) is 19.4 Å². The summed E-state index contributed by atoms with van der Waals surface area (Å²) in [4.78, 5) is 20.0. The average Bonchev–Trinajstić information content (AvgIpc) is 3.14. The molecular formula is C17H28N4O3. The van der Waals surface area contributed by atoms with E-state index in [2.05, 4.69) is 14.5 Å². The first-order chi connectivity index (χ1) is 11.5. The molecule has 0 saturated carbocycles. The minimum absolute atomic E-state index is 0.000775. The lowest BCUT2D eigenvalue weighted by Crippen LogP contribution is -2.44. The first-order valence-electron chi connectivity index (χ1n) is 8.62. The zero-order valence-electron chi connectivity index (χ0n) is 14.9. The highest BCUT2D eigenvalue weighted by Crippen LogP contribution is 2.37. The van der Waals surface area contributed by atoms with E-state index in [1.165, 1.54) is 0 Å². The number of carbonyl (C=O) groups excluding carboxylic acids is 1. The number of nitrogens with zero attached hydrogens (tertiary/aromatic N) is 4. The Kier molecular flexibility index (Phi) is 5.22. The first kappa shape index (κ1) is 17.4. The molecule has 1 spiro atoms. The maximum Gasteiger partial charge on any atom is 0.248 e. The summed E-state index contributed by atoms with van der Waals surface area (Å²) in [6.45, 7) is 3.64. The third-order valence-electron chi connectivity index (χ3n) is 5.17. The summed E-state index contributed by atoms with van der Waals surface area (Å²) in [5.74, 6) is 1.10. The van der Waals surface area contributed by atoms with Gasteiger partial charge in [0.15, 0.2) is 0 Å². The fourth-order valence-corrected chi connectivity index (χ4v) is 3.44. The third-order valence-corrected chi connectivity index (χ3v) is 5.17. The Balaban J connectivity index is 1.44. The first-order valence-corrected chi connectivity index (χ1v) is 8.62. The molecule has 3 rings (SSSR count). The Hall–Kier alpha value is -1.44. The van der Waals surface area contributed by atoms with E-state index in [0.29, 0.717) is 6.61 Å². The SMILES string of the molecule is CN(C)C(=O)CO[C@@H]1COC2(CCN(Cc3nccn3C)CC2)C1. The fraction of sp³-hybridized carbons (Fsp3) is 0.765. The van der Waals surface area contributed by atoms with Crippen molar-refractivity contribution in [3.05, 3.63) is 18.2 Å². The predicted molar refractivity (Wildman–Crippen MR) is 89.5 cm³/mol. The molecule has 0 N–H and O–H groups in total. The number of likely N-dealkylation sites (tertiary alicyclic amines) is 1. The molecule has 0 radical (unpaired) electrons. The number of amides is 1. The number of rotatable bonds is 5. The average molecular weight is 336 g/mol. The largest absolute Gasteiger partial charge is 0.372 e. The van der Waals surface area contributed by atoms with Gasteiger partial charge in [-0.25, -0.2) is 4.98 Å². The highest BCUT2D eigenvalue weighted by Gasteiger charge is 2.43. The van der Waals surface area contributed by atoms with Gasteiger partial charge >= 0.3 is 0 Å². The Morgan fingerprint density at radius 3 is 2.83 bits per heavy atom. The highest BCUT2D eigenvalue weighted by molar-refractivity contribution is 5.76. The second-order valence-corrected chi connectivity index (χ2v) is 7.15. The number of hydrogen-bond acceptors (Lipinski definition) is 5. The van der Waals surface area contributed by atoms with Crippen LogP contribution in [0.4, 0.5) is 0 Å². The molecule has 3 heterocycles. The number of aromatic nitrogens is 2. The van der Waals surface area contributed by atoms with Crippen molar-refractivity contribution in [2.24, 2.45) is 7.05 Å². The molecular weight excluding hydrogens is 308 g/mol. The Morgan fingerprint density at radius 1 is 1.46 bits per heavy atom. The fourth-order valence-electron chi connectivity index (χ4n) is 3.44. The molecule has 1 atom stereocenters. The number of likely N-dealkylation sites (N-methyl/N-ethyl adjacent to an activating group) is 1. The van der Waals surface area contributed by atoms with Crippen LogP contribution in [0.1, 0.15) is 25.1 Å². The lowest BCUT2D eigenvalue weighted by Gasteiger charge is -2.38. The Bertz CT molecular complexity index is 564. The van der Waals surface area contributed by atoms with Gasteiger partial charge in [-0.1, -0.05) is 0 Å². The number of aryl methyl sites for hydroxylation is 1. The summed E-state index contributed by atoms with van der Waals surface area (Å²) in [6.07, 6.45) is 6.78. The number of ether oxygens (including phenoxy) is 2. The molecule has 1 aromatic heterocycles. The van der Waals surface area contributed by atoms with Crippen LogP contribution in [-0.4, -0.2) is 77.4 Å². The van der Waals surface area contributed by atoms with E-state index < -0.39 is 0 Å². The second kappa shape index (κ2) is 7.21. The summed E-state index contributed by atoms with van der Waals surface area (Å²) < 4.78 is 13.9. The van der Waals surface area contributed by atoms with Gasteiger partial charge in [-0.15, -0.1) is 0 Å². The van der Waals surface area contributed by atoms with E-state index in [1.54, 1.807) is 19.0 Å². The number of carbonyl (C=O) groups is 1. The third kappa shape index (κ3) is 3.96. The number of hydrogen-bond donors (Lipinski definition) is 0. The van der Waals surface area contributed by atoms with E-state index in [0.717, 1.165) is 44.7 Å². The lowest BCUT2D eigenvalue weighted by atomic mass is 9.88. The molecule has 2 fully saturated rings. The van der Waals surface area contributed by atoms with Crippen LogP contribution in [0.3, 0.4) is 0 Å².